The second-order valence-electron chi connectivity index (χ2n) is 6.82. The number of rotatable bonds is 7. The summed E-state index contributed by atoms with van der Waals surface area (Å²) in [4.78, 5) is 12.4. The van der Waals surface area contributed by atoms with Crippen LogP contribution >= 0.6 is 11.8 Å². The lowest BCUT2D eigenvalue weighted by Crippen LogP contribution is -2.16. The maximum absolute atomic E-state index is 12.4. The molecule has 0 aliphatic heterocycles. The van der Waals surface area contributed by atoms with Crippen molar-refractivity contribution in [2.45, 2.75) is 12.1 Å². The van der Waals surface area contributed by atoms with Crippen LogP contribution in [0.2, 0.25) is 0 Å². The van der Waals surface area contributed by atoms with Gasteiger partial charge >= 0.3 is 0 Å². The Morgan fingerprint density at radius 3 is 2.52 bits per heavy atom. The Bertz CT molecular complexity index is 1180. The van der Waals surface area contributed by atoms with E-state index in [1.54, 1.807) is 12.1 Å². The Balaban J connectivity index is 1.36. The first-order valence-corrected chi connectivity index (χ1v) is 10.6. The van der Waals surface area contributed by atoms with Gasteiger partial charge in [-0.3, -0.25) is 4.79 Å². The van der Waals surface area contributed by atoms with Crippen LogP contribution < -0.4 is 15.9 Å². The van der Waals surface area contributed by atoms with Crippen LogP contribution in [0, 0.1) is 6.92 Å². The molecule has 4 rings (SSSR count). The number of para-hydroxylation sites is 1. The number of ether oxygens (including phenoxy) is 1. The molecule has 3 N–H and O–H groups in total. The van der Waals surface area contributed by atoms with E-state index in [1.807, 2.05) is 73.7 Å². The van der Waals surface area contributed by atoms with Gasteiger partial charge in [0.15, 0.2) is 5.82 Å². The Kier molecular flexibility index (Phi) is 6.18. The van der Waals surface area contributed by atoms with Crippen molar-refractivity contribution in [3.8, 4) is 22.9 Å². The first-order valence-electron chi connectivity index (χ1n) is 9.61. The summed E-state index contributed by atoms with van der Waals surface area (Å²) in [6, 6.07) is 24.6. The van der Waals surface area contributed by atoms with Gasteiger partial charge in [0.1, 0.15) is 11.5 Å². The molecule has 0 aliphatic rings. The lowest BCUT2D eigenvalue weighted by Gasteiger charge is -2.09. The maximum Gasteiger partial charge on any atom is 0.234 e. The quantitative estimate of drug-likeness (QED) is 0.331. The Hall–Kier alpha value is -3.78. The number of benzene rings is 3. The number of thioether (sulfide) groups is 1. The number of carbonyl (C=O) groups is 1. The summed E-state index contributed by atoms with van der Waals surface area (Å²) in [5.41, 5.74) is 2.66. The lowest BCUT2D eigenvalue weighted by molar-refractivity contribution is -0.113. The molecular formula is C23H21N5O2S. The Morgan fingerprint density at radius 1 is 1.00 bits per heavy atom. The summed E-state index contributed by atoms with van der Waals surface area (Å²) in [6.07, 6.45) is 0. The zero-order chi connectivity index (χ0) is 21.6. The number of nitrogen functional groups attached to an aromatic ring is 1. The van der Waals surface area contributed by atoms with Crippen LogP contribution in [0.4, 0.5) is 5.69 Å². The van der Waals surface area contributed by atoms with Gasteiger partial charge in [-0.1, -0.05) is 65.9 Å². The molecule has 1 aromatic heterocycles. The average Bonchev–Trinajstić information content (AvgIpc) is 3.14. The minimum absolute atomic E-state index is 0.146. The zero-order valence-corrected chi connectivity index (χ0v) is 17.7. The molecule has 3 aromatic carbocycles. The van der Waals surface area contributed by atoms with Gasteiger partial charge in [0.2, 0.25) is 11.1 Å². The number of anilines is 1. The number of aryl methyl sites for hydroxylation is 1. The summed E-state index contributed by atoms with van der Waals surface area (Å²) >= 11 is 1.22. The van der Waals surface area contributed by atoms with Crippen molar-refractivity contribution < 1.29 is 9.53 Å². The fourth-order valence-electron chi connectivity index (χ4n) is 2.86. The van der Waals surface area contributed by atoms with E-state index in [4.69, 9.17) is 10.6 Å². The molecule has 31 heavy (non-hydrogen) atoms. The highest BCUT2D eigenvalue weighted by Crippen LogP contribution is 2.25. The fourth-order valence-corrected chi connectivity index (χ4v) is 3.52. The monoisotopic (exact) mass is 431 g/mol. The maximum atomic E-state index is 12.4. The third kappa shape index (κ3) is 5.23. The van der Waals surface area contributed by atoms with Crippen LogP contribution in [-0.2, 0) is 4.79 Å². The number of nitrogens with zero attached hydrogens (tertiary/aromatic N) is 3. The molecule has 0 unspecified atom stereocenters. The van der Waals surface area contributed by atoms with Gasteiger partial charge in [0.05, 0.1) is 5.75 Å². The van der Waals surface area contributed by atoms with Gasteiger partial charge in [0.25, 0.3) is 0 Å². The van der Waals surface area contributed by atoms with Gasteiger partial charge in [-0.15, -0.1) is 10.2 Å². The van der Waals surface area contributed by atoms with Crippen molar-refractivity contribution >= 4 is 23.4 Å². The van der Waals surface area contributed by atoms with Crippen LogP contribution in [0.25, 0.3) is 11.4 Å². The van der Waals surface area contributed by atoms with E-state index in [0.29, 0.717) is 22.4 Å². The number of amides is 1. The third-order valence-corrected chi connectivity index (χ3v) is 5.35. The molecular weight excluding hydrogens is 410 g/mol. The molecule has 8 heteroatoms. The second kappa shape index (κ2) is 9.36. The number of nitrogens with one attached hydrogen (secondary N) is 1. The first-order chi connectivity index (χ1) is 15.1. The third-order valence-electron chi connectivity index (χ3n) is 4.40. The van der Waals surface area contributed by atoms with Crippen molar-refractivity contribution in [2.75, 3.05) is 16.9 Å². The number of hydrogen-bond acceptors (Lipinski definition) is 6. The van der Waals surface area contributed by atoms with Gasteiger partial charge in [0, 0.05) is 17.3 Å². The molecule has 1 amide bonds. The summed E-state index contributed by atoms with van der Waals surface area (Å²) in [6.45, 7) is 2.01. The summed E-state index contributed by atoms with van der Waals surface area (Å²) < 4.78 is 7.20. The summed E-state index contributed by atoms with van der Waals surface area (Å²) in [7, 11) is 0. The molecule has 0 saturated carbocycles. The van der Waals surface area contributed by atoms with Crippen LogP contribution in [-0.4, -0.2) is 26.5 Å². The highest BCUT2D eigenvalue weighted by Gasteiger charge is 2.14. The molecule has 0 atom stereocenters. The smallest absolute Gasteiger partial charge is 0.234 e. The second-order valence-corrected chi connectivity index (χ2v) is 7.76. The van der Waals surface area contributed by atoms with E-state index in [9.17, 15) is 4.79 Å². The van der Waals surface area contributed by atoms with Crippen LogP contribution in [0.5, 0.6) is 11.5 Å². The number of carbonyl (C=O) groups excluding carboxylic acids is 1. The Labute approximate surface area is 184 Å². The Morgan fingerprint density at radius 2 is 1.74 bits per heavy atom. The predicted molar refractivity (Wildman–Crippen MR) is 123 cm³/mol. The standard InChI is InChI=1S/C23H21N5O2S/c1-16-10-12-17(13-11-16)22-26-27-23(28(22)24)31-15-21(29)25-18-6-5-9-20(14-18)30-19-7-3-2-4-8-19/h2-14H,15,24H2,1H3,(H,25,29). The van der Waals surface area contributed by atoms with Crippen molar-refractivity contribution in [1.29, 1.82) is 0 Å². The van der Waals surface area contributed by atoms with E-state index >= 15 is 0 Å². The van der Waals surface area contributed by atoms with Gasteiger partial charge in [-0.05, 0) is 31.2 Å². The van der Waals surface area contributed by atoms with E-state index in [0.717, 1.165) is 16.9 Å². The summed E-state index contributed by atoms with van der Waals surface area (Å²) in [5, 5.41) is 11.6. The lowest BCUT2D eigenvalue weighted by atomic mass is 10.1. The number of hydrogen-bond donors (Lipinski definition) is 2. The molecule has 7 nitrogen and oxygen atoms in total. The minimum Gasteiger partial charge on any atom is -0.457 e. The molecule has 0 saturated heterocycles. The molecule has 0 spiro atoms. The first kappa shape index (κ1) is 20.5. The highest BCUT2D eigenvalue weighted by atomic mass is 32.2. The van der Waals surface area contributed by atoms with Gasteiger partial charge < -0.3 is 15.9 Å². The van der Waals surface area contributed by atoms with Crippen LogP contribution in [0.1, 0.15) is 5.56 Å². The SMILES string of the molecule is Cc1ccc(-c2nnc(SCC(=O)Nc3cccc(Oc4ccccc4)c3)n2N)cc1. The van der Waals surface area contributed by atoms with Gasteiger partial charge in [-0.25, -0.2) is 4.68 Å². The normalized spacial score (nSPS) is 10.6. The largest absolute Gasteiger partial charge is 0.457 e. The van der Waals surface area contributed by atoms with Crippen molar-refractivity contribution in [3.05, 3.63) is 84.4 Å². The average molecular weight is 432 g/mol. The molecule has 156 valence electrons. The molecule has 0 fully saturated rings. The van der Waals surface area contributed by atoms with Crippen molar-refractivity contribution in [2.24, 2.45) is 0 Å². The summed E-state index contributed by atoms with van der Waals surface area (Å²) in [5.74, 6) is 8.01. The molecule has 0 bridgehead atoms. The van der Waals surface area contributed by atoms with Crippen LogP contribution in [0.3, 0.4) is 0 Å². The van der Waals surface area contributed by atoms with Gasteiger partial charge in [-0.2, -0.15) is 0 Å². The van der Waals surface area contributed by atoms with E-state index < -0.39 is 0 Å². The van der Waals surface area contributed by atoms with E-state index in [2.05, 4.69) is 15.5 Å². The fraction of sp³-hybridized carbons (Fsp3) is 0.0870. The molecule has 0 radical (unpaired) electrons. The minimum atomic E-state index is -0.179. The number of aromatic nitrogens is 3. The highest BCUT2D eigenvalue weighted by molar-refractivity contribution is 7.99. The van der Waals surface area contributed by atoms with Crippen molar-refractivity contribution in [3.63, 3.8) is 0 Å². The number of nitrogens with two attached hydrogens (primary N) is 1. The van der Waals surface area contributed by atoms with Crippen LogP contribution in [0.15, 0.2) is 84.0 Å². The van der Waals surface area contributed by atoms with E-state index in [-0.39, 0.29) is 11.7 Å². The molecule has 0 aliphatic carbocycles. The molecule has 1 heterocycles. The zero-order valence-electron chi connectivity index (χ0n) is 16.9. The predicted octanol–water partition coefficient (Wildman–Crippen LogP) is 4.49. The van der Waals surface area contributed by atoms with Crippen molar-refractivity contribution in [1.82, 2.24) is 14.9 Å². The van der Waals surface area contributed by atoms with E-state index in [1.165, 1.54) is 16.4 Å². The topological polar surface area (TPSA) is 95.1 Å². The molecule has 4 aromatic rings.